The summed E-state index contributed by atoms with van der Waals surface area (Å²) in [6, 6.07) is 2.03. The predicted molar refractivity (Wildman–Crippen MR) is 55.7 cm³/mol. The molecule has 1 rings (SSSR count). The lowest BCUT2D eigenvalue weighted by Crippen LogP contribution is -2.35. The quantitative estimate of drug-likeness (QED) is 0.512. The number of carboxylic acids is 1. The van der Waals surface area contributed by atoms with Crippen LogP contribution >= 0.6 is 0 Å². The highest BCUT2D eigenvalue weighted by atomic mass is 19.4. The number of rotatable bonds is 5. The van der Waals surface area contributed by atoms with Gasteiger partial charge in [0, 0.05) is 6.07 Å². The number of carbonyl (C=O) groups is 1. The first-order valence-corrected chi connectivity index (χ1v) is 4.99. The van der Waals surface area contributed by atoms with E-state index in [2.05, 4.69) is 4.74 Å². The number of non-ortho nitro benzene ring substituents is 1. The number of nitrogens with zero attached hydrogens (tertiary/aromatic N) is 1. The van der Waals surface area contributed by atoms with E-state index in [0.717, 1.165) is 12.1 Å². The first-order valence-electron chi connectivity index (χ1n) is 4.99. The van der Waals surface area contributed by atoms with Crippen LogP contribution in [0.5, 0.6) is 5.75 Å². The van der Waals surface area contributed by atoms with E-state index in [-0.39, 0.29) is 0 Å². The van der Waals surface area contributed by atoms with Crippen LogP contribution in [0.15, 0.2) is 18.2 Å². The average molecular weight is 297 g/mol. The number of nitro benzene ring substituents is 1. The van der Waals surface area contributed by atoms with Crippen molar-refractivity contribution in [3.63, 3.8) is 0 Å². The molecule has 0 aliphatic heterocycles. The molecule has 1 unspecified atom stereocenters. The molecule has 6 nitrogen and oxygen atoms in total. The molecule has 0 aliphatic rings. The minimum absolute atomic E-state index is 0.457. The van der Waals surface area contributed by atoms with Gasteiger partial charge in [0.2, 0.25) is 0 Å². The molecule has 0 saturated heterocycles. The van der Waals surface area contributed by atoms with Crippen molar-refractivity contribution in [3.05, 3.63) is 34.1 Å². The average Bonchev–Trinajstić information content (AvgIpc) is 2.28. The lowest BCUT2D eigenvalue weighted by molar-refractivity contribution is -0.385. The van der Waals surface area contributed by atoms with Crippen LogP contribution < -0.4 is 4.74 Å². The van der Waals surface area contributed by atoms with Gasteiger partial charge in [-0.25, -0.2) is 4.39 Å². The highest BCUT2D eigenvalue weighted by Crippen LogP contribution is 2.28. The summed E-state index contributed by atoms with van der Waals surface area (Å²) < 4.78 is 54.6. The first kappa shape index (κ1) is 15.7. The predicted octanol–water partition coefficient (Wildman–Crippen LogP) is 2.38. The van der Waals surface area contributed by atoms with Gasteiger partial charge >= 0.3 is 12.1 Å². The third kappa shape index (κ3) is 3.80. The number of alkyl halides is 3. The Bertz CT molecular complexity index is 531. The maximum Gasteiger partial charge on any atom is 0.405 e. The molecule has 0 aromatic heterocycles. The second-order valence-corrected chi connectivity index (χ2v) is 3.62. The van der Waals surface area contributed by atoms with Crippen LogP contribution in [0.2, 0.25) is 0 Å². The van der Waals surface area contributed by atoms with Crippen molar-refractivity contribution in [2.45, 2.75) is 6.18 Å². The van der Waals surface area contributed by atoms with Gasteiger partial charge in [0.15, 0.2) is 17.5 Å². The number of hydrogen-bond donors (Lipinski definition) is 1. The normalized spacial score (nSPS) is 12.8. The number of halogens is 4. The summed E-state index contributed by atoms with van der Waals surface area (Å²) in [7, 11) is 0. The van der Waals surface area contributed by atoms with Crippen LogP contribution in [0.25, 0.3) is 0 Å². The Morgan fingerprint density at radius 1 is 1.45 bits per heavy atom. The second-order valence-electron chi connectivity index (χ2n) is 3.62. The molecule has 20 heavy (non-hydrogen) atoms. The van der Waals surface area contributed by atoms with E-state index >= 15 is 0 Å². The third-order valence-electron chi connectivity index (χ3n) is 2.22. The lowest BCUT2D eigenvalue weighted by atomic mass is 10.1. The largest absolute Gasteiger partial charge is 0.489 e. The Morgan fingerprint density at radius 2 is 2.05 bits per heavy atom. The fourth-order valence-corrected chi connectivity index (χ4v) is 1.20. The van der Waals surface area contributed by atoms with Gasteiger partial charge in [0.05, 0.1) is 11.0 Å². The molecule has 0 aliphatic carbocycles. The fraction of sp³-hybridized carbons (Fsp3) is 0.300. The van der Waals surface area contributed by atoms with Crippen molar-refractivity contribution >= 4 is 11.7 Å². The van der Waals surface area contributed by atoms with Gasteiger partial charge in [-0.15, -0.1) is 0 Å². The van der Waals surface area contributed by atoms with E-state index in [1.807, 2.05) is 0 Å². The molecule has 0 bridgehead atoms. The molecule has 1 aromatic carbocycles. The van der Waals surface area contributed by atoms with E-state index in [1.165, 1.54) is 0 Å². The number of nitro groups is 1. The maximum atomic E-state index is 13.3. The number of benzene rings is 1. The SMILES string of the molecule is O=C(O)C(COc1ccc([N+](=O)[O-])cc1F)C(F)(F)F. The molecule has 110 valence electrons. The highest BCUT2D eigenvalue weighted by Gasteiger charge is 2.45. The van der Waals surface area contributed by atoms with Crippen LogP contribution in [-0.4, -0.2) is 28.8 Å². The molecule has 10 heteroatoms. The Kier molecular flexibility index (Phi) is 4.48. The number of aliphatic carboxylic acids is 1. The summed E-state index contributed by atoms with van der Waals surface area (Å²) in [4.78, 5) is 19.8. The smallest absolute Gasteiger partial charge is 0.405 e. The summed E-state index contributed by atoms with van der Waals surface area (Å²) in [6.45, 7) is -1.34. The lowest BCUT2D eigenvalue weighted by Gasteiger charge is -2.16. The summed E-state index contributed by atoms with van der Waals surface area (Å²) in [5.74, 6) is -6.95. The zero-order valence-electron chi connectivity index (χ0n) is 9.56. The van der Waals surface area contributed by atoms with Crippen molar-refractivity contribution in [3.8, 4) is 5.75 Å². The maximum absolute atomic E-state index is 13.3. The Hall–Kier alpha value is -2.39. The minimum atomic E-state index is -5.05. The number of ether oxygens (including phenoxy) is 1. The molecule has 0 fully saturated rings. The van der Waals surface area contributed by atoms with E-state index in [1.54, 1.807) is 0 Å². The summed E-state index contributed by atoms with van der Waals surface area (Å²) in [5.41, 5.74) is -0.611. The molecule has 1 aromatic rings. The Balaban J connectivity index is 2.84. The van der Waals surface area contributed by atoms with Gasteiger partial charge < -0.3 is 9.84 Å². The molecule has 0 radical (unpaired) electrons. The Labute approximate surface area is 108 Å². The highest BCUT2D eigenvalue weighted by molar-refractivity contribution is 5.71. The summed E-state index contributed by atoms with van der Waals surface area (Å²) in [5, 5.41) is 18.7. The summed E-state index contributed by atoms with van der Waals surface area (Å²) >= 11 is 0. The van der Waals surface area contributed by atoms with Gasteiger partial charge in [-0.3, -0.25) is 14.9 Å². The van der Waals surface area contributed by atoms with Gasteiger partial charge in [-0.1, -0.05) is 0 Å². The topological polar surface area (TPSA) is 89.7 Å². The zero-order valence-corrected chi connectivity index (χ0v) is 9.56. The number of carboxylic acid groups (broad SMARTS) is 1. The standard InChI is InChI=1S/C10H7F4NO5/c11-7-3-5(15(18)19)1-2-8(7)20-4-6(9(16)17)10(12,13)14/h1-3,6H,4H2,(H,16,17). The molecule has 1 atom stereocenters. The molecule has 0 spiro atoms. The van der Waals surface area contributed by atoms with Crippen molar-refractivity contribution < 1.29 is 37.1 Å². The van der Waals surface area contributed by atoms with Gasteiger partial charge in [0.25, 0.3) is 5.69 Å². The van der Waals surface area contributed by atoms with Crippen LogP contribution in [0.3, 0.4) is 0 Å². The van der Waals surface area contributed by atoms with Crippen LogP contribution in [-0.2, 0) is 4.79 Å². The van der Waals surface area contributed by atoms with Crippen LogP contribution in [0.1, 0.15) is 0 Å². The molecule has 0 heterocycles. The monoisotopic (exact) mass is 297 g/mol. The zero-order chi connectivity index (χ0) is 15.5. The molecule has 0 saturated carbocycles. The van der Waals surface area contributed by atoms with Crippen molar-refractivity contribution in [2.24, 2.45) is 5.92 Å². The first-order chi connectivity index (χ1) is 9.12. The molecule has 1 N–H and O–H groups in total. The van der Waals surface area contributed by atoms with E-state index in [9.17, 15) is 32.5 Å². The fourth-order valence-electron chi connectivity index (χ4n) is 1.20. The van der Waals surface area contributed by atoms with Crippen molar-refractivity contribution in [2.75, 3.05) is 6.61 Å². The van der Waals surface area contributed by atoms with Crippen LogP contribution in [0, 0.1) is 21.8 Å². The minimum Gasteiger partial charge on any atom is -0.489 e. The Morgan fingerprint density at radius 3 is 2.45 bits per heavy atom. The number of hydrogen-bond acceptors (Lipinski definition) is 4. The third-order valence-corrected chi connectivity index (χ3v) is 2.22. The van der Waals surface area contributed by atoms with Crippen LogP contribution in [0.4, 0.5) is 23.2 Å². The van der Waals surface area contributed by atoms with E-state index in [0.29, 0.717) is 6.07 Å². The van der Waals surface area contributed by atoms with Gasteiger partial charge in [-0.2, -0.15) is 13.2 Å². The van der Waals surface area contributed by atoms with E-state index in [4.69, 9.17) is 5.11 Å². The molecular formula is C10H7F4NO5. The van der Waals surface area contributed by atoms with Gasteiger partial charge in [0.1, 0.15) is 6.61 Å². The van der Waals surface area contributed by atoms with E-state index < -0.39 is 46.8 Å². The van der Waals surface area contributed by atoms with Gasteiger partial charge in [-0.05, 0) is 6.07 Å². The molecule has 0 amide bonds. The summed E-state index contributed by atoms with van der Waals surface area (Å²) in [6.07, 6.45) is -5.05. The van der Waals surface area contributed by atoms with Crippen molar-refractivity contribution in [1.29, 1.82) is 0 Å². The molecular weight excluding hydrogens is 290 g/mol. The second kappa shape index (κ2) is 5.72. The van der Waals surface area contributed by atoms with Crippen molar-refractivity contribution in [1.82, 2.24) is 0 Å².